The minimum absolute atomic E-state index is 0.00215. The van der Waals surface area contributed by atoms with Crippen molar-refractivity contribution in [1.82, 2.24) is 0 Å². The van der Waals surface area contributed by atoms with Crippen molar-refractivity contribution < 1.29 is 9.90 Å². The summed E-state index contributed by atoms with van der Waals surface area (Å²) in [7, 11) is 0. The highest BCUT2D eigenvalue weighted by atomic mass is 32.2. The molecule has 0 radical (unpaired) electrons. The second-order valence-corrected chi connectivity index (χ2v) is 8.13. The first-order valence-corrected chi connectivity index (χ1v) is 8.65. The van der Waals surface area contributed by atoms with Crippen LogP contribution in [0.2, 0.25) is 0 Å². The van der Waals surface area contributed by atoms with Gasteiger partial charge in [0.25, 0.3) is 0 Å². The Morgan fingerprint density at radius 1 is 1.35 bits per heavy atom. The van der Waals surface area contributed by atoms with Gasteiger partial charge in [0.2, 0.25) is 0 Å². The SMILES string of the molecule is CCCC(=O)C1C(O)CCCC12SCCCS2. The number of hydrogen-bond acceptors (Lipinski definition) is 4. The number of Topliss-reactive ketones (excluding diaryl/α,β-unsaturated/α-hetero) is 1. The standard InChI is InChI=1S/C13H22O2S2/c1-2-5-10(14)12-11(15)6-3-7-13(12)16-8-4-9-17-13/h11-12,15H,2-9H2,1H3. The number of thioether (sulfide) groups is 2. The lowest BCUT2D eigenvalue weighted by Gasteiger charge is -2.46. The Hall–Kier alpha value is 0.330. The summed E-state index contributed by atoms with van der Waals surface area (Å²) >= 11 is 3.87. The monoisotopic (exact) mass is 274 g/mol. The second-order valence-electron chi connectivity index (χ2n) is 5.02. The Morgan fingerprint density at radius 3 is 2.71 bits per heavy atom. The van der Waals surface area contributed by atoms with Crippen molar-refractivity contribution in [2.75, 3.05) is 11.5 Å². The molecule has 2 unspecified atom stereocenters. The molecule has 2 rings (SSSR count). The van der Waals surface area contributed by atoms with E-state index in [0.29, 0.717) is 12.2 Å². The normalized spacial score (nSPS) is 32.6. The molecule has 4 heteroatoms. The molecule has 2 fully saturated rings. The van der Waals surface area contributed by atoms with Gasteiger partial charge in [0, 0.05) is 6.42 Å². The number of ketones is 1. The van der Waals surface area contributed by atoms with Crippen molar-refractivity contribution in [3.05, 3.63) is 0 Å². The first-order valence-electron chi connectivity index (χ1n) is 6.68. The zero-order chi connectivity index (χ0) is 12.3. The molecule has 1 saturated carbocycles. The first-order chi connectivity index (χ1) is 8.19. The maximum Gasteiger partial charge on any atom is 0.140 e. The fourth-order valence-corrected chi connectivity index (χ4v) is 6.75. The Morgan fingerprint density at radius 2 is 2.06 bits per heavy atom. The van der Waals surface area contributed by atoms with E-state index < -0.39 is 6.10 Å². The van der Waals surface area contributed by atoms with E-state index in [1.807, 2.05) is 30.4 Å². The summed E-state index contributed by atoms with van der Waals surface area (Å²) < 4.78 is 0.00215. The largest absolute Gasteiger partial charge is 0.392 e. The fraction of sp³-hybridized carbons (Fsp3) is 0.923. The maximum absolute atomic E-state index is 12.3. The predicted molar refractivity (Wildman–Crippen MR) is 75.5 cm³/mol. The van der Waals surface area contributed by atoms with Gasteiger partial charge < -0.3 is 5.11 Å². The Bertz CT molecular complexity index is 269. The number of aliphatic hydroxyl groups is 1. The van der Waals surface area contributed by atoms with E-state index in [0.717, 1.165) is 37.2 Å². The molecule has 0 bridgehead atoms. The molecule has 2 aliphatic rings. The number of rotatable bonds is 3. The van der Waals surface area contributed by atoms with Gasteiger partial charge in [-0.25, -0.2) is 0 Å². The van der Waals surface area contributed by atoms with E-state index in [9.17, 15) is 9.90 Å². The van der Waals surface area contributed by atoms with Crippen LogP contribution in [0.4, 0.5) is 0 Å². The molecule has 1 heterocycles. The lowest BCUT2D eigenvalue weighted by molar-refractivity contribution is -0.128. The summed E-state index contributed by atoms with van der Waals surface area (Å²) in [6, 6.07) is 0. The number of aliphatic hydroxyl groups excluding tert-OH is 1. The predicted octanol–water partition coefficient (Wildman–Crippen LogP) is 3.08. The average molecular weight is 274 g/mol. The first kappa shape index (κ1) is 13.8. The molecule has 1 aliphatic carbocycles. The van der Waals surface area contributed by atoms with Crippen LogP contribution < -0.4 is 0 Å². The molecule has 0 amide bonds. The van der Waals surface area contributed by atoms with Gasteiger partial charge >= 0.3 is 0 Å². The molecule has 17 heavy (non-hydrogen) atoms. The Balaban J connectivity index is 2.17. The Labute approximate surface area is 112 Å². The topological polar surface area (TPSA) is 37.3 Å². The van der Waals surface area contributed by atoms with Crippen molar-refractivity contribution in [3.8, 4) is 0 Å². The fourth-order valence-electron chi connectivity index (χ4n) is 2.95. The van der Waals surface area contributed by atoms with Crippen LogP contribution in [0.25, 0.3) is 0 Å². The van der Waals surface area contributed by atoms with Crippen LogP contribution in [-0.2, 0) is 4.79 Å². The number of hydrogen-bond donors (Lipinski definition) is 1. The molecular weight excluding hydrogens is 252 g/mol. The van der Waals surface area contributed by atoms with Gasteiger partial charge in [0.05, 0.1) is 16.1 Å². The highest BCUT2D eigenvalue weighted by Gasteiger charge is 2.50. The minimum Gasteiger partial charge on any atom is -0.392 e. The van der Waals surface area contributed by atoms with Gasteiger partial charge in [-0.1, -0.05) is 6.92 Å². The van der Waals surface area contributed by atoms with E-state index in [2.05, 4.69) is 0 Å². The molecule has 0 aromatic heterocycles. The van der Waals surface area contributed by atoms with E-state index in [-0.39, 0.29) is 10.00 Å². The third-order valence-electron chi connectivity index (χ3n) is 3.71. The summed E-state index contributed by atoms with van der Waals surface area (Å²) in [4.78, 5) is 12.3. The van der Waals surface area contributed by atoms with E-state index in [1.165, 1.54) is 6.42 Å². The van der Waals surface area contributed by atoms with Crippen LogP contribution in [0.1, 0.15) is 45.4 Å². The van der Waals surface area contributed by atoms with Crippen molar-refractivity contribution in [2.45, 2.75) is 55.6 Å². The smallest absolute Gasteiger partial charge is 0.140 e. The van der Waals surface area contributed by atoms with E-state index in [4.69, 9.17) is 0 Å². The van der Waals surface area contributed by atoms with Crippen LogP contribution >= 0.6 is 23.5 Å². The molecule has 1 saturated heterocycles. The summed E-state index contributed by atoms with van der Waals surface area (Å²) in [5, 5.41) is 10.2. The highest BCUT2D eigenvalue weighted by molar-refractivity contribution is 8.18. The lowest BCUT2D eigenvalue weighted by atomic mass is 9.81. The van der Waals surface area contributed by atoms with Crippen LogP contribution in [0.3, 0.4) is 0 Å². The van der Waals surface area contributed by atoms with Gasteiger partial charge in [0.1, 0.15) is 5.78 Å². The minimum atomic E-state index is -0.402. The van der Waals surface area contributed by atoms with Gasteiger partial charge in [-0.2, -0.15) is 0 Å². The average Bonchev–Trinajstić information content (AvgIpc) is 2.30. The third kappa shape index (κ3) is 2.85. The molecule has 1 aliphatic heterocycles. The maximum atomic E-state index is 12.3. The van der Waals surface area contributed by atoms with Crippen molar-refractivity contribution in [1.29, 1.82) is 0 Å². The summed E-state index contributed by atoms with van der Waals surface area (Å²) in [5.41, 5.74) is 0. The summed E-state index contributed by atoms with van der Waals surface area (Å²) in [5.74, 6) is 2.47. The third-order valence-corrected chi connectivity index (χ3v) is 7.29. The van der Waals surface area contributed by atoms with Crippen LogP contribution in [0.5, 0.6) is 0 Å². The lowest BCUT2D eigenvalue weighted by Crippen LogP contribution is -2.48. The highest BCUT2D eigenvalue weighted by Crippen LogP contribution is 2.55. The molecule has 2 atom stereocenters. The molecule has 1 spiro atoms. The van der Waals surface area contributed by atoms with Crippen molar-refractivity contribution in [2.24, 2.45) is 5.92 Å². The number of carbonyl (C=O) groups is 1. The molecule has 98 valence electrons. The zero-order valence-corrected chi connectivity index (χ0v) is 12.1. The molecule has 2 nitrogen and oxygen atoms in total. The quantitative estimate of drug-likeness (QED) is 0.858. The Kier molecular flexibility index (Phi) is 4.84. The zero-order valence-electron chi connectivity index (χ0n) is 10.5. The number of carbonyl (C=O) groups excluding carboxylic acids is 1. The van der Waals surface area contributed by atoms with Crippen molar-refractivity contribution in [3.63, 3.8) is 0 Å². The van der Waals surface area contributed by atoms with Gasteiger partial charge in [-0.05, 0) is 43.6 Å². The van der Waals surface area contributed by atoms with Crippen LogP contribution in [0, 0.1) is 5.92 Å². The summed E-state index contributed by atoms with van der Waals surface area (Å²) in [6.45, 7) is 2.04. The van der Waals surface area contributed by atoms with Gasteiger partial charge in [-0.3, -0.25) is 4.79 Å². The van der Waals surface area contributed by atoms with E-state index in [1.54, 1.807) is 0 Å². The molecule has 0 aromatic rings. The second kappa shape index (κ2) is 5.98. The molecule has 1 N–H and O–H groups in total. The summed E-state index contributed by atoms with van der Waals surface area (Å²) in [6.07, 6.45) is 5.33. The van der Waals surface area contributed by atoms with Crippen LogP contribution in [-0.4, -0.2) is 32.6 Å². The van der Waals surface area contributed by atoms with Crippen molar-refractivity contribution >= 4 is 29.3 Å². The van der Waals surface area contributed by atoms with Gasteiger partial charge in [0.15, 0.2) is 0 Å². The molecular formula is C13H22O2S2. The molecule has 0 aromatic carbocycles. The van der Waals surface area contributed by atoms with E-state index >= 15 is 0 Å². The van der Waals surface area contributed by atoms with Gasteiger partial charge in [-0.15, -0.1) is 23.5 Å². The van der Waals surface area contributed by atoms with Crippen LogP contribution in [0.15, 0.2) is 0 Å².